The number of carbonyl (C=O) groups is 1. The Hall–Kier alpha value is -1.53. The van der Waals surface area contributed by atoms with E-state index in [1.54, 1.807) is 10.8 Å². The first-order chi connectivity index (χ1) is 10.6. The highest BCUT2D eigenvalue weighted by Crippen LogP contribution is 2.06. The molecule has 0 aliphatic carbocycles. The van der Waals surface area contributed by atoms with Crippen LogP contribution in [0, 0.1) is 0 Å². The summed E-state index contributed by atoms with van der Waals surface area (Å²) in [6.45, 7) is 0.679. The van der Waals surface area contributed by atoms with E-state index in [0.717, 1.165) is 6.92 Å². The average molecular weight is 366 g/mol. The summed E-state index contributed by atoms with van der Waals surface area (Å²) in [7, 11) is -7.94. The van der Waals surface area contributed by atoms with E-state index < -0.39 is 50.5 Å². The van der Waals surface area contributed by atoms with Crippen LogP contribution < -0.4 is 9.44 Å². The summed E-state index contributed by atoms with van der Waals surface area (Å²) in [6.07, 6.45) is -1.44. The maximum Gasteiger partial charge on any atom is 0.324 e. The van der Waals surface area contributed by atoms with E-state index in [2.05, 4.69) is 4.72 Å². The van der Waals surface area contributed by atoms with Gasteiger partial charge < -0.3 is 10.2 Å². The van der Waals surface area contributed by atoms with Crippen LogP contribution in [-0.4, -0.2) is 57.5 Å². The van der Waals surface area contributed by atoms with Gasteiger partial charge in [-0.05, 0) is 19.1 Å². The van der Waals surface area contributed by atoms with Crippen LogP contribution in [0.4, 0.5) is 0 Å². The third-order valence-corrected chi connectivity index (χ3v) is 5.60. The van der Waals surface area contributed by atoms with Gasteiger partial charge in [-0.25, -0.2) is 21.6 Å². The molecule has 0 spiro atoms. The standard InChI is InChI=1S/C12H18N2O7S2/c1-9(15)11(12(16)17)14-22(18,19)8-7-13-23(20,21)10-5-3-2-4-6-10/h2-6,9,11,13-15H,7-8H2,1H3,(H,16,17)/t9-,11+/m1/s1. The van der Waals surface area contributed by atoms with Crippen LogP contribution in [-0.2, 0) is 24.8 Å². The molecule has 9 nitrogen and oxygen atoms in total. The third kappa shape index (κ3) is 6.23. The molecular formula is C12H18N2O7S2. The minimum absolute atomic E-state index is 0.0160. The van der Waals surface area contributed by atoms with E-state index in [1.165, 1.54) is 24.3 Å². The summed E-state index contributed by atoms with van der Waals surface area (Å²) < 4.78 is 51.2. The molecule has 0 amide bonds. The van der Waals surface area contributed by atoms with E-state index in [1.807, 2.05) is 0 Å². The van der Waals surface area contributed by atoms with E-state index in [-0.39, 0.29) is 4.90 Å². The number of aliphatic carboxylic acids is 1. The van der Waals surface area contributed by atoms with Gasteiger partial charge in [-0.3, -0.25) is 4.79 Å². The summed E-state index contributed by atoms with van der Waals surface area (Å²) in [6, 6.07) is 5.67. The van der Waals surface area contributed by atoms with Crippen LogP contribution in [0.2, 0.25) is 0 Å². The highest BCUT2D eigenvalue weighted by Gasteiger charge is 2.28. The zero-order valence-corrected chi connectivity index (χ0v) is 13.8. The van der Waals surface area contributed by atoms with Crippen molar-refractivity contribution in [2.75, 3.05) is 12.3 Å². The maximum absolute atomic E-state index is 11.9. The van der Waals surface area contributed by atoms with Crippen molar-refractivity contribution in [2.45, 2.75) is 24.0 Å². The first kappa shape index (κ1) is 19.5. The fourth-order valence-electron chi connectivity index (χ4n) is 1.60. The zero-order valence-electron chi connectivity index (χ0n) is 12.2. The second-order valence-corrected chi connectivity index (χ2v) is 8.34. The Bertz CT molecular complexity index is 730. The predicted molar refractivity (Wildman–Crippen MR) is 81.7 cm³/mol. The van der Waals surface area contributed by atoms with Crippen molar-refractivity contribution in [1.82, 2.24) is 9.44 Å². The summed E-state index contributed by atoms with van der Waals surface area (Å²) in [5.41, 5.74) is 0. The number of aliphatic hydroxyl groups excluding tert-OH is 1. The first-order valence-electron chi connectivity index (χ1n) is 6.51. The van der Waals surface area contributed by atoms with Crippen LogP contribution >= 0.6 is 0 Å². The van der Waals surface area contributed by atoms with Gasteiger partial charge in [0.1, 0.15) is 6.04 Å². The normalized spacial score (nSPS) is 15.0. The molecule has 0 aliphatic heterocycles. The lowest BCUT2D eigenvalue weighted by Crippen LogP contribution is -2.49. The molecular weight excluding hydrogens is 348 g/mol. The molecule has 0 radical (unpaired) electrons. The number of hydrogen-bond donors (Lipinski definition) is 4. The minimum Gasteiger partial charge on any atom is -0.480 e. The number of carboxylic acid groups (broad SMARTS) is 1. The Balaban J connectivity index is 2.65. The molecule has 0 unspecified atom stereocenters. The average Bonchev–Trinajstić information content (AvgIpc) is 2.45. The highest BCUT2D eigenvalue weighted by molar-refractivity contribution is 7.90. The molecule has 0 aliphatic rings. The Kier molecular flexibility index (Phi) is 6.65. The lowest BCUT2D eigenvalue weighted by Gasteiger charge is -2.17. The van der Waals surface area contributed by atoms with Gasteiger partial charge in [-0.1, -0.05) is 18.2 Å². The Morgan fingerprint density at radius 2 is 1.74 bits per heavy atom. The van der Waals surface area contributed by atoms with E-state index >= 15 is 0 Å². The lowest BCUT2D eigenvalue weighted by atomic mass is 10.2. The van der Waals surface area contributed by atoms with Crippen molar-refractivity contribution in [3.63, 3.8) is 0 Å². The molecule has 130 valence electrons. The molecule has 1 aromatic rings. The van der Waals surface area contributed by atoms with Crippen LogP contribution in [0.5, 0.6) is 0 Å². The lowest BCUT2D eigenvalue weighted by molar-refractivity contribution is -0.141. The van der Waals surface area contributed by atoms with Crippen molar-refractivity contribution in [3.8, 4) is 0 Å². The molecule has 0 saturated heterocycles. The van der Waals surface area contributed by atoms with Crippen molar-refractivity contribution in [1.29, 1.82) is 0 Å². The summed E-state index contributed by atoms with van der Waals surface area (Å²) in [5, 5.41) is 18.0. The fourth-order valence-corrected chi connectivity index (χ4v) is 3.96. The Morgan fingerprint density at radius 3 is 2.22 bits per heavy atom. The minimum atomic E-state index is -4.09. The summed E-state index contributed by atoms with van der Waals surface area (Å²) >= 11 is 0. The monoisotopic (exact) mass is 366 g/mol. The second kappa shape index (κ2) is 7.84. The highest BCUT2D eigenvalue weighted by atomic mass is 32.2. The number of carboxylic acids is 1. The van der Waals surface area contributed by atoms with Crippen LogP contribution in [0.25, 0.3) is 0 Å². The SMILES string of the molecule is C[C@@H](O)[C@H](NS(=O)(=O)CCNS(=O)(=O)c1ccccc1)C(=O)O. The van der Waals surface area contributed by atoms with Gasteiger partial charge in [0, 0.05) is 6.54 Å². The largest absolute Gasteiger partial charge is 0.480 e. The molecule has 0 aromatic heterocycles. The van der Waals surface area contributed by atoms with Gasteiger partial charge in [0.2, 0.25) is 20.0 Å². The quantitative estimate of drug-likeness (QED) is 0.425. The second-order valence-electron chi connectivity index (χ2n) is 4.70. The van der Waals surface area contributed by atoms with Gasteiger partial charge in [-0.15, -0.1) is 0 Å². The predicted octanol–water partition coefficient (Wildman–Crippen LogP) is -1.28. The van der Waals surface area contributed by atoms with Gasteiger partial charge in [0.05, 0.1) is 16.8 Å². The number of benzene rings is 1. The van der Waals surface area contributed by atoms with Gasteiger partial charge in [0.15, 0.2) is 0 Å². The number of aliphatic hydroxyl groups is 1. The number of nitrogens with one attached hydrogen (secondary N) is 2. The van der Waals surface area contributed by atoms with Crippen molar-refractivity contribution >= 4 is 26.0 Å². The molecule has 4 N–H and O–H groups in total. The Labute approximate surface area is 134 Å². The van der Waals surface area contributed by atoms with E-state index in [4.69, 9.17) is 5.11 Å². The van der Waals surface area contributed by atoms with Gasteiger partial charge in [0.25, 0.3) is 0 Å². The number of sulfonamides is 2. The molecule has 1 rings (SSSR count). The maximum atomic E-state index is 11.9. The summed E-state index contributed by atoms with van der Waals surface area (Å²) in [4.78, 5) is 10.8. The molecule has 1 aromatic carbocycles. The van der Waals surface area contributed by atoms with Gasteiger partial charge in [-0.2, -0.15) is 4.72 Å². The van der Waals surface area contributed by atoms with Crippen molar-refractivity contribution in [3.05, 3.63) is 30.3 Å². The van der Waals surface area contributed by atoms with Crippen LogP contribution in [0.1, 0.15) is 6.92 Å². The molecule has 23 heavy (non-hydrogen) atoms. The molecule has 0 saturated carbocycles. The molecule has 0 heterocycles. The first-order valence-corrected chi connectivity index (χ1v) is 9.64. The molecule has 0 fully saturated rings. The van der Waals surface area contributed by atoms with E-state index in [9.17, 15) is 26.7 Å². The molecule has 11 heteroatoms. The van der Waals surface area contributed by atoms with Crippen LogP contribution in [0.3, 0.4) is 0 Å². The van der Waals surface area contributed by atoms with Crippen LogP contribution in [0.15, 0.2) is 35.2 Å². The van der Waals surface area contributed by atoms with Crippen molar-refractivity contribution < 1.29 is 31.8 Å². The number of hydrogen-bond acceptors (Lipinski definition) is 6. The zero-order chi connectivity index (χ0) is 17.7. The molecule has 0 bridgehead atoms. The smallest absolute Gasteiger partial charge is 0.324 e. The fraction of sp³-hybridized carbons (Fsp3) is 0.417. The summed E-state index contributed by atoms with van der Waals surface area (Å²) in [5.74, 6) is -2.20. The van der Waals surface area contributed by atoms with Gasteiger partial charge >= 0.3 is 5.97 Å². The van der Waals surface area contributed by atoms with Crippen molar-refractivity contribution in [2.24, 2.45) is 0 Å². The topological polar surface area (TPSA) is 150 Å². The number of rotatable bonds is 9. The third-order valence-electron chi connectivity index (χ3n) is 2.77. The molecule has 2 atom stereocenters. The van der Waals surface area contributed by atoms with E-state index in [0.29, 0.717) is 0 Å². The Morgan fingerprint density at radius 1 is 1.17 bits per heavy atom.